The first-order valence-corrected chi connectivity index (χ1v) is 9.61. The van der Waals surface area contributed by atoms with Crippen LogP contribution < -0.4 is 10.6 Å². The molecule has 1 aromatic carbocycles. The van der Waals surface area contributed by atoms with E-state index >= 15 is 0 Å². The molecule has 0 saturated carbocycles. The highest BCUT2D eigenvalue weighted by molar-refractivity contribution is 5.80. The highest BCUT2D eigenvalue weighted by Crippen LogP contribution is 2.14. The third-order valence-electron chi connectivity index (χ3n) is 4.77. The summed E-state index contributed by atoms with van der Waals surface area (Å²) in [6, 6.07) is 6.79. The van der Waals surface area contributed by atoms with E-state index < -0.39 is 0 Å². The van der Waals surface area contributed by atoms with Crippen molar-refractivity contribution >= 4 is 5.96 Å². The molecule has 0 saturated heterocycles. The van der Waals surface area contributed by atoms with E-state index in [1.165, 1.54) is 16.7 Å². The van der Waals surface area contributed by atoms with Gasteiger partial charge in [0.05, 0.1) is 13.1 Å². The quantitative estimate of drug-likeness (QED) is 0.602. The van der Waals surface area contributed by atoms with Gasteiger partial charge in [0.2, 0.25) is 0 Å². The highest BCUT2D eigenvalue weighted by atomic mass is 16.5. The van der Waals surface area contributed by atoms with Crippen LogP contribution in [0.15, 0.2) is 23.2 Å². The van der Waals surface area contributed by atoms with Crippen LogP contribution in [0.1, 0.15) is 41.7 Å². The molecule has 1 aliphatic rings. The van der Waals surface area contributed by atoms with Gasteiger partial charge >= 0.3 is 0 Å². The Morgan fingerprint density at radius 2 is 2.22 bits per heavy atom. The predicted molar refractivity (Wildman–Crippen MR) is 107 cm³/mol. The number of benzene rings is 1. The summed E-state index contributed by atoms with van der Waals surface area (Å²) in [5.74, 6) is 2.64. The fourth-order valence-electron chi connectivity index (χ4n) is 3.37. The van der Waals surface area contributed by atoms with Gasteiger partial charge in [-0.1, -0.05) is 23.8 Å². The third-order valence-corrected chi connectivity index (χ3v) is 4.77. The van der Waals surface area contributed by atoms with Crippen LogP contribution in [0.5, 0.6) is 0 Å². The SMILES string of the molecule is CCNC(=NCc1ccc(C)cc1C)NC1CCc2nc(COC)nn2C1. The van der Waals surface area contributed by atoms with Crippen LogP contribution in [0, 0.1) is 13.8 Å². The standard InChI is InChI=1S/C20H30N6O/c1-5-21-20(22-11-16-7-6-14(2)10-15(16)3)23-17-8-9-19-24-18(13-27-4)25-26(19)12-17/h6-7,10,17H,5,8-9,11-13H2,1-4H3,(H2,21,22,23). The van der Waals surface area contributed by atoms with E-state index in [0.29, 0.717) is 13.2 Å². The fraction of sp³-hybridized carbons (Fsp3) is 0.550. The molecule has 3 rings (SSSR count). The first-order chi connectivity index (χ1) is 13.1. The molecule has 2 aromatic rings. The Bertz CT molecular complexity index is 798. The van der Waals surface area contributed by atoms with Crippen LogP contribution in [0.25, 0.3) is 0 Å². The fourth-order valence-corrected chi connectivity index (χ4v) is 3.37. The number of rotatable bonds is 6. The Hall–Kier alpha value is -2.41. The van der Waals surface area contributed by atoms with Crippen LogP contribution >= 0.6 is 0 Å². The molecule has 1 aliphatic heterocycles. The van der Waals surface area contributed by atoms with E-state index in [-0.39, 0.29) is 6.04 Å². The lowest BCUT2D eigenvalue weighted by Gasteiger charge is -2.25. The molecule has 0 aliphatic carbocycles. The number of hydrogen-bond donors (Lipinski definition) is 2. The van der Waals surface area contributed by atoms with Gasteiger partial charge in [-0.3, -0.25) is 0 Å². The van der Waals surface area contributed by atoms with Gasteiger partial charge in [-0.2, -0.15) is 5.10 Å². The van der Waals surface area contributed by atoms with E-state index in [1.807, 2.05) is 4.68 Å². The Kier molecular flexibility index (Phi) is 6.45. The Balaban J connectivity index is 1.65. The summed E-state index contributed by atoms with van der Waals surface area (Å²) in [5.41, 5.74) is 3.82. The van der Waals surface area contributed by atoms with Gasteiger partial charge in [-0.25, -0.2) is 14.7 Å². The summed E-state index contributed by atoms with van der Waals surface area (Å²) in [7, 11) is 1.67. The maximum absolute atomic E-state index is 5.14. The second-order valence-corrected chi connectivity index (χ2v) is 7.06. The zero-order valence-corrected chi connectivity index (χ0v) is 16.7. The number of hydrogen-bond acceptors (Lipinski definition) is 4. The van der Waals surface area contributed by atoms with Gasteiger partial charge in [0.15, 0.2) is 11.8 Å². The van der Waals surface area contributed by atoms with Gasteiger partial charge in [0.25, 0.3) is 0 Å². The molecule has 0 fully saturated rings. The maximum atomic E-state index is 5.14. The first-order valence-electron chi connectivity index (χ1n) is 9.61. The average Bonchev–Trinajstić information content (AvgIpc) is 3.03. The van der Waals surface area contributed by atoms with E-state index in [9.17, 15) is 0 Å². The van der Waals surface area contributed by atoms with E-state index in [2.05, 4.69) is 59.7 Å². The monoisotopic (exact) mass is 370 g/mol. The smallest absolute Gasteiger partial charge is 0.191 e. The lowest BCUT2D eigenvalue weighted by Crippen LogP contribution is -2.47. The molecule has 0 radical (unpaired) electrons. The van der Waals surface area contributed by atoms with Crippen LogP contribution in [0.3, 0.4) is 0 Å². The van der Waals surface area contributed by atoms with E-state index in [1.54, 1.807) is 7.11 Å². The minimum Gasteiger partial charge on any atom is -0.377 e. The van der Waals surface area contributed by atoms with Crippen molar-refractivity contribution in [2.24, 2.45) is 4.99 Å². The highest BCUT2D eigenvalue weighted by Gasteiger charge is 2.22. The van der Waals surface area contributed by atoms with Gasteiger partial charge in [0.1, 0.15) is 12.4 Å². The molecule has 2 heterocycles. The molecular formula is C20H30N6O. The molecule has 1 aromatic heterocycles. The molecule has 7 nitrogen and oxygen atoms in total. The van der Waals surface area contributed by atoms with Crippen molar-refractivity contribution in [2.45, 2.75) is 59.4 Å². The summed E-state index contributed by atoms with van der Waals surface area (Å²) in [4.78, 5) is 9.32. The lowest BCUT2D eigenvalue weighted by atomic mass is 10.1. The normalized spacial score (nSPS) is 16.9. The van der Waals surface area contributed by atoms with Crippen LogP contribution in [0.4, 0.5) is 0 Å². The summed E-state index contributed by atoms with van der Waals surface area (Å²) in [6.07, 6.45) is 1.92. The minimum atomic E-state index is 0.284. The molecule has 27 heavy (non-hydrogen) atoms. The molecule has 0 amide bonds. The number of guanidine groups is 1. The first kappa shape index (κ1) is 19.4. The number of nitrogens with zero attached hydrogens (tertiary/aromatic N) is 4. The maximum Gasteiger partial charge on any atom is 0.191 e. The minimum absolute atomic E-state index is 0.284. The van der Waals surface area contributed by atoms with Crippen LogP contribution in [0.2, 0.25) is 0 Å². The van der Waals surface area contributed by atoms with Crippen molar-refractivity contribution in [1.29, 1.82) is 0 Å². The summed E-state index contributed by atoms with van der Waals surface area (Å²) in [6.45, 7) is 9.09. The summed E-state index contributed by atoms with van der Waals surface area (Å²) < 4.78 is 7.13. The topological polar surface area (TPSA) is 76.4 Å². The van der Waals surface area contributed by atoms with Crippen LogP contribution in [-0.2, 0) is 30.9 Å². The number of aliphatic imine (C=N–C) groups is 1. The van der Waals surface area contributed by atoms with Gasteiger partial charge in [-0.15, -0.1) is 0 Å². The van der Waals surface area contributed by atoms with Crippen molar-refractivity contribution in [3.8, 4) is 0 Å². The van der Waals surface area contributed by atoms with Gasteiger partial charge in [-0.05, 0) is 38.3 Å². The number of fused-ring (bicyclic) bond motifs is 1. The van der Waals surface area contributed by atoms with Crippen molar-refractivity contribution in [2.75, 3.05) is 13.7 Å². The largest absolute Gasteiger partial charge is 0.377 e. The van der Waals surface area contributed by atoms with E-state index in [0.717, 1.165) is 43.5 Å². The zero-order valence-electron chi connectivity index (χ0n) is 16.7. The average molecular weight is 371 g/mol. The molecule has 7 heteroatoms. The van der Waals surface area contributed by atoms with Crippen molar-refractivity contribution in [1.82, 2.24) is 25.4 Å². The number of aryl methyl sites for hydroxylation is 3. The Morgan fingerprint density at radius 3 is 2.96 bits per heavy atom. The molecular weight excluding hydrogens is 340 g/mol. The summed E-state index contributed by atoms with van der Waals surface area (Å²) >= 11 is 0. The molecule has 146 valence electrons. The van der Waals surface area contributed by atoms with Crippen molar-refractivity contribution in [3.05, 3.63) is 46.5 Å². The molecule has 0 bridgehead atoms. The molecule has 0 spiro atoms. The molecule has 1 atom stereocenters. The van der Waals surface area contributed by atoms with Crippen molar-refractivity contribution in [3.63, 3.8) is 0 Å². The number of methoxy groups -OCH3 is 1. The van der Waals surface area contributed by atoms with Gasteiger partial charge < -0.3 is 15.4 Å². The summed E-state index contributed by atoms with van der Waals surface area (Å²) in [5, 5.41) is 11.5. The second-order valence-electron chi connectivity index (χ2n) is 7.06. The zero-order chi connectivity index (χ0) is 19.2. The molecule has 1 unspecified atom stereocenters. The number of ether oxygens (including phenoxy) is 1. The number of aromatic nitrogens is 3. The van der Waals surface area contributed by atoms with Crippen molar-refractivity contribution < 1.29 is 4.74 Å². The third kappa shape index (κ3) is 5.07. The second kappa shape index (κ2) is 8.99. The Morgan fingerprint density at radius 1 is 1.37 bits per heavy atom. The lowest BCUT2D eigenvalue weighted by molar-refractivity contribution is 0.177. The van der Waals surface area contributed by atoms with E-state index in [4.69, 9.17) is 9.73 Å². The number of nitrogens with one attached hydrogen (secondary N) is 2. The Labute approximate surface area is 161 Å². The molecule has 2 N–H and O–H groups in total. The van der Waals surface area contributed by atoms with Crippen LogP contribution in [-0.4, -0.2) is 40.4 Å². The van der Waals surface area contributed by atoms with Gasteiger partial charge in [0, 0.05) is 26.1 Å². The predicted octanol–water partition coefficient (Wildman–Crippen LogP) is 2.11.